The Hall–Kier alpha value is -3.17. The predicted octanol–water partition coefficient (Wildman–Crippen LogP) is -0.559. The van der Waals surface area contributed by atoms with E-state index in [9.17, 15) is 24.3 Å². The van der Waals surface area contributed by atoms with Gasteiger partial charge in [0.15, 0.2) is 16.9 Å². The number of carbonyl (C=O) groups excluding carboxylic acids is 3. The van der Waals surface area contributed by atoms with Crippen LogP contribution in [0.2, 0.25) is 0 Å². The first-order chi connectivity index (χ1) is 17.7. The molecule has 0 spiro atoms. The van der Waals surface area contributed by atoms with E-state index in [1.54, 1.807) is 5.38 Å². The van der Waals surface area contributed by atoms with Gasteiger partial charge in [0.05, 0.1) is 12.6 Å². The van der Waals surface area contributed by atoms with Gasteiger partial charge in [-0.3, -0.25) is 19.3 Å². The van der Waals surface area contributed by atoms with Crippen LogP contribution in [0.1, 0.15) is 31.4 Å². The lowest BCUT2D eigenvalue weighted by Crippen LogP contribution is -2.71. The van der Waals surface area contributed by atoms with Gasteiger partial charge in [0, 0.05) is 42.4 Å². The number of hydrogen-bond acceptors (Lipinski definition) is 10. The standard InChI is InChI=1S/C22H27N7O6S2/c1-35-27-14(12-9-37-22(24)25-12)18(31)26-15-19(32)28-16(21(33)34)10(8-36-20(15)28)7-29-6-2-3-11(29)4-5-13(29)17(23)30/h9,11,13,15,20H,2-8H2,1H3,(H5-,23,24,25,26,30,31,33,34)/p+1/b27-14-/t11?,13?,15-,20-,29?/m1/s1. The number of aliphatic carboxylic acids is 1. The van der Waals surface area contributed by atoms with Crippen molar-refractivity contribution >= 4 is 57.6 Å². The highest BCUT2D eigenvalue weighted by molar-refractivity contribution is 8.00. The van der Waals surface area contributed by atoms with E-state index in [4.69, 9.17) is 16.3 Å². The molecule has 198 valence electrons. The number of thioether (sulfide) groups is 1. The van der Waals surface area contributed by atoms with Gasteiger partial charge < -0.3 is 31.2 Å². The van der Waals surface area contributed by atoms with Crippen molar-refractivity contribution in [3.8, 4) is 0 Å². The molecule has 0 saturated carbocycles. The number of aromatic nitrogens is 1. The quantitative estimate of drug-likeness (QED) is 0.142. The maximum Gasteiger partial charge on any atom is 0.352 e. The largest absolute Gasteiger partial charge is 0.477 e. The van der Waals surface area contributed by atoms with Crippen molar-refractivity contribution < 1.29 is 33.6 Å². The van der Waals surface area contributed by atoms with E-state index in [0.29, 0.717) is 28.8 Å². The zero-order chi connectivity index (χ0) is 26.5. The fourth-order valence-corrected chi connectivity index (χ4v) is 8.14. The molecule has 4 aliphatic rings. The molecule has 37 heavy (non-hydrogen) atoms. The molecule has 3 saturated heterocycles. The molecule has 0 radical (unpaired) electrons. The van der Waals surface area contributed by atoms with Crippen LogP contribution in [0.15, 0.2) is 21.8 Å². The molecular formula is C22H28N7O6S2+. The van der Waals surface area contributed by atoms with Crippen molar-refractivity contribution in [3.05, 3.63) is 22.3 Å². The van der Waals surface area contributed by atoms with Gasteiger partial charge in [-0.15, -0.1) is 23.1 Å². The summed E-state index contributed by atoms with van der Waals surface area (Å²) in [6, 6.07) is -1.03. The molecule has 0 bridgehead atoms. The molecule has 5 heterocycles. The summed E-state index contributed by atoms with van der Waals surface area (Å²) in [7, 11) is 1.28. The minimum atomic E-state index is -1.21. The van der Waals surface area contributed by atoms with E-state index in [0.717, 1.165) is 37.1 Å². The smallest absolute Gasteiger partial charge is 0.352 e. The highest BCUT2D eigenvalue weighted by Crippen LogP contribution is 2.46. The first-order valence-electron chi connectivity index (χ1n) is 11.9. The number of fused-ring (bicyclic) bond motifs is 2. The average molecular weight is 551 g/mol. The van der Waals surface area contributed by atoms with Crippen LogP contribution in [-0.4, -0.2) is 98.3 Å². The van der Waals surface area contributed by atoms with Gasteiger partial charge in [0.1, 0.15) is 36.5 Å². The fourth-order valence-electron chi connectivity index (χ4n) is 6.26. The monoisotopic (exact) mass is 550 g/mol. The van der Waals surface area contributed by atoms with Crippen molar-refractivity contribution in [1.82, 2.24) is 15.2 Å². The number of quaternary nitrogens is 1. The summed E-state index contributed by atoms with van der Waals surface area (Å²) in [4.78, 5) is 60.8. The molecule has 0 aliphatic carbocycles. The fraction of sp³-hybridized carbons (Fsp3) is 0.545. The van der Waals surface area contributed by atoms with Crippen molar-refractivity contribution in [2.24, 2.45) is 10.9 Å². The van der Waals surface area contributed by atoms with E-state index < -0.39 is 29.2 Å². The minimum absolute atomic E-state index is 0.0643. The molecule has 1 aromatic rings. The number of carbonyl (C=O) groups is 4. The Bertz CT molecular complexity index is 1230. The summed E-state index contributed by atoms with van der Waals surface area (Å²) >= 11 is 2.51. The van der Waals surface area contributed by atoms with Crippen LogP contribution in [0.5, 0.6) is 0 Å². The number of nitrogens with one attached hydrogen (secondary N) is 1. The number of amides is 3. The number of primary amides is 1. The number of rotatable bonds is 8. The topological polar surface area (TPSA) is 190 Å². The van der Waals surface area contributed by atoms with Crippen molar-refractivity contribution in [3.63, 3.8) is 0 Å². The number of anilines is 1. The van der Waals surface area contributed by atoms with Gasteiger partial charge in [0.2, 0.25) is 0 Å². The molecule has 5 atom stereocenters. The van der Waals surface area contributed by atoms with Gasteiger partial charge in [0.25, 0.3) is 17.7 Å². The number of thiazole rings is 1. The SMILES string of the molecule is CO/N=C(\C(=O)N[C@@H]1C(=O)N2C(C(=O)O)=C(C[N+]34CCCC3CCC4C(N)=O)CS[C@H]12)c1csc(N)n1. The van der Waals surface area contributed by atoms with Crippen LogP contribution in [0, 0.1) is 0 Å². The van der Waals surface area contributed by atoms with Crippen molar-refractivity contribution in [2.45, 2.75) is 49.2 Å². The Morgan fingerprint density at radius 2 is 2.14 bits per heavy atom. The van der Waals surface area contributed by atoms with E-state index in [-0.39, 0.29) is 40.2 Å². The van der Waals surface area contributed by atoms with E-state index in [1.807, 2.05) is 0 Å². The third kappa shape index (κ3) is 4.14. The second-order valence-electron chi connectivity index (χ2n) is 9.59. The first kappa shape index (κ1) is 25.5. The number of nitrogen functional groups attached to an aromatic ring is 1. The van der Waals surface area contributed by atoms with Crippen molar-refractivity contribution in [2.75, 3.05) is 31.7 Å². The summed E-state index contributed by atoms with van der Waals surface area (Å²) in [6.45, 7) is 1.13. The molecule has 3 fully saturated rings. The number of hydrogen-bond donors (Lipinski definition) is 4. The van der Waals surface area contributed by atoms with E-state index >= 15 is 0 Å². The zero-order valence-corrected chi connectivity index (χ0v) is 21.7. The Morgan fingerprint density at radius 1 is 1.35 bits per heavy atom. The third-order valence-corrected chi connectivity index (χ3v) is 9.76. The normalized spacial score (nSPS) is 31.0. The zero-order valence-electron chi connectivity index (χ0n) is 20.1. The lowest BCUT2D eigenvalue weighted by Gasteiger charge is -2.50. The molecular weight excluding hydrogens is 522 g/mol. The molecule has 4 aliphatic heterocycles. The number of nitrogens with zero attached hydrogens (tertiary/aromatic N) is 4. The van der Waals surface area contributed by atoms with E-state index in [2.05, 4.69) is 15.5 Å². The number of nitrogens with two attached hydrogens (primary N) is 2. The summed E-state index contributed by atoms with van der Waals surface area (Å²) < 4.78 is 0.475. The number of carboxylic acids is 1. The molecule has 3 unspecified atom stereocenters. The highest BCUT2D eigenvalue weighted by Gasteiger charge is 2.58. The molecule has 15 heteroatoms. The van der Waals surface area contributed by atoms with Crippen LogP contribution in [0.3, 0.4) is 0 Å². The third-order valence-electron chi connectivity index (χ3n) is 7.75. The Labute approximate surface area is 220 Å². The molecule has 3 amide bonds. The van der Waals surface area contributed by atoms with Crippen LogP contribution < -0.4 is 16.8 Å². The molecule has 5 rings (SSSR count). The van der Waals surface area contributed by atoms with Gasteiger partial charge in [-0.25, -0.2) is 9.78 Å². The van der Waals surface area contributed by atoms with Crippen LogP contribution in [0.4, 0.5) is 5.13 Å². The summed E-state index contributed by atoms with van der Waals surface area (Å²) in [5.74, 6) is -2.41. The molecule has 0 aromatic carbocycles. The lowest BCUT2D eigenvalue weighted by molar-refractivity contribution is -0.937. The highest BCUT2D eigenvalue weighted by atomic mass is 32.2. The Morgan fingerprint density at radius 3 is 2.78 bits per heavy atom. The number of β-lactam (4-membered cyclic amide) rings is 1. The molecule has 6 N–H and O–H groups in total. The average Bonchev–Trinajstić information content (AvgIpc) is 3.54. The maximum atomic E-state index is 13.2. The van der Waals surface area contributed by atoms with Crippen LogP contribution in [-0.2, 0) is 24.0 Å². The predicted molar refractivity (Wildman–Crippen MR) is 135 cm³/mol. The Balaban J connectivity index is 1.38. The number of oxime groups is 1. The maximum absolute atomic E-state index is 13.2. The number of carboxylic acid groups (broad SMARTS) is 1. The first-order valence-corrected chi connectivity index (χ1v) is 13.8. The van der Waals surface area contributed by atoms with E-state index in [1.165, 1.54) is 23.8 Å². The molecule has 13 nitrogen and oxygen atoms in total. The lowest BCUT2D eigenvalue weighted by atomic mass is 10.0. The van der Waals surface area contributed by atoms with Crippen LogP contribution in [0.25, 0.3) is 0 Å². The Kier molecular flexibility index (Phi) is 6.62. The summed E-state index contributed by atoms with van der Waals surface area (Å²) in [5, 5.41) is 17.7. The van der Waals surface area contributed by atoms with Gasteiger partial charge in [-0.1, -0.05) is 5.16 Å². The van der Waals surface area contributed by atoms with Gasteiger partial charge in [-0.2, -0.15) is 0 Å². The van der Waals surface area contributed by atoms with Crippen molar-refractivity contribution in [1.29, 1.82) is 0 Å². The van der Waals surface area contributed by atoms with Gasteiger partial charge >= 0.3 is 5.97 Å². The van der Waals surface area contributed by atoms with Gasteiger partial charge in [-0.05, 0) is 0 Å². The minimum Gasteiger partial charge on any atom is -0.477 e. The van der Waals surface area contributed by atoms with Crippen LogP contribution >= 0.6 is 23.1 Å². The molecule has 1 aromatic heterocycles. The summed E-state index contributed by atoms with van der Waals surface area (Å²) in [6.07, 6.45) is 3.50. The second-order valence-corrected chi connectivity index (χ2v) is 11.6. The summed E-state index contributed by atoms with van der Waals surface area (Å²) in [5.41, 5.74) is 12.0. The second kappa shape index (κ2) is 9.61.